The van der Waals surface area contributed by atoms with E-state index < -0.39 is 0 Å². The molecular weight excluding hydrogens is 368 g/mol. The fourth-order valence-corrected chi connectivity index (χ4v) is 5.33. The summed E-state index contributed by atoms with van der Waals surface area (Å²) in [6.07, 6.45) is 9.01. The molecule has 0 aliphatic carbocycles. The largest absolute Gasteiger partial charge is 0.369 e. The fourth-order valence-electron chi connectivity index (χ4n) is 5.33. The zero-order valence-electron chi connectivity index (χ0n) is 20.0. The van der Waals surface area contributed by atoms with Gasteiger partial charge in [0.1, 0.15) is 0 Å². The number of anilines is 1. The number of para-hydroxylation sites is 1. The highest BCUT2D eigenvalue weighted by molar-refractivity contribution is 5.87. The number of Topliss-reactive ketones (excluding diaryl/α,β-unsaturated/α-hetero) is 1. The summed E-state index contributed by atoms with van der Waals surface area (Å²) in [6, 6.07) is 9.02. The summed E-state index contributed by atoms with van der Waals surface area (Å²) in [5, 5.41) is 3.81. The first-order valence-electron chi connectivity index (χ1n) is 11.6. The molecule has 0 aromatic heterocycles. The number of likely N-dealkylation sites (tertiary alicyclic amines) is 1. The third kappa shape index (κ3) is 4.27. The molecule has 1 aromatic carbocycles. The second-order valence-electron chi connectivity index (χ2n) is 10.1. The molecule has 2 aliphatic heterocycles. The molecule has 3 rings (SSSR count). The van der Waals surface area contributed by atoms with Gasteiger partial charge in [0.2, 0.25) is 0 Å². The van der Waals surface area contributed by atoms with E-state index >= 15 is 0 Å². The van der Waals surface area contributed by atoms with Gasteiger partial charge in [0.05, 0.1) is 12.2 Å². The van der Waals surface area contributed by atoms with Crippen molar-refractivity contribution in [3.63, 3.8) is 0 Å². The number of allylic oxidation sites excluding steroid dienone is 4. The van der Waals surface area contributed by atoms with Crippen LogP contribution in [0.3, 0.4) is 0 Å². The van der Waals surface area contributed by atoms with Gasteiger partial charge in [-0.1, -0.05) is 55.3 Å². The lowest BCUT2D eigenvalue weighted by molar-refractivity contribution is -0.127. The van der Waals surface area contributed by atoms with Gasteiger partial charge in [0.15, 0.2) is 5.78 Å². The van der Waals surface area contributed by atoms with E-state index in [0.29, 0.717) is 11.8 Å². The second kappa shape index (κ2) is 9.09. The Morgan fingerprint density at radius 2 is 1.87 bits per heavy atom. The Morgan fingerprint density at radius 3 is 2.50 bits per heavy atom. The molecule has 2 heterocycles. The van der Waals surface area contributed by atoms with Crippen molar-refractivity contribution in [1.82, 2.24) is 4.90 Å². The maximum Gasteiger partial charge on any atom is 0.152 e. The third-order valence-electron chi connectivity index (χ3n) is 6.89. The van der Waals surface area contributed by atoms with Crippen molar-refractivity contribution >= 4 is 11.5 Å². The number of nitrogens with one attached hydrogen (secondary N) is 1. The van der Waals surface area contributed by atoms with E-state index in [-0.39, 0.29) is 23.5 Å². The van der Waals surface area contributed by atoms with Crippen molar-refractivity contribution in [2.45, 2.75) is 97.8 Å². The van der Waals surface area contributed by atoms with Crippen molar-refractivity contribution in [2.75, 3.05) is 5.32 Å². The van der Waals surface area contributed by atoms with Crippen LogP contribution in [0.25, 0.3) is 0 Å². The molecule has 1 fully saturated rings. The summed E-state index contributed by atoms with van der Waals surface area (Å²) in [4.78, 5) is 15.7. The first-order valence-corrected chi connectivity index (χ1v) is 11.6. The second-order valence-corrected chi connectivity index (χ2v) is 10.1. The van der Waals surface area contributed by atoms with E-state index in [4.69, 9.17) is 0 Å². The number of hydrogen-bond acceptors (Lipinski definition) is 3. The predicted octanol–water partition coefficient (Wildman–Crippen LogP) is 6.47. The van der Waals surface area contributed by atoms with Crippen LogP contribution in [0.4, 0.5) is 5.69 Å². The van der Waals surface area contributed by atoms with Crippen LogP contribution < -0.4 is 5.32 Å². The summed E-state index contributed by atoms with van der Waals surface area (Å²) in [7, 11) is 0. The van der Waals surface area contributed by atoms with E-state index in [1.54, 1.807) is 0 Å². The quantitative estimate of drug-likeness (QED) is 0.501. The van der Waals surface area contributed by atoms with Crippen LogP contribution in [-0.4, -0.2) is 28.9 Å². The van der Waals surface area contributed by atoms with Gasteiger partial charge in [-0.15, -0.1) is 0 Å². The first kappa shape index (κ1) is 22.8. The van der Waals surface area contributed by atoms with E-state index in [0.717, 1.165) is 25.7 Å². The monoisotopic (exact) mass is 408 g/mol. The van der Waals surface area contributed by atoms with Gasteiger partial charge in [0, 0.05) is 23.1 Å². The number of ketones is 1. The molecule has 3 atom stereocenters. The first-order chi connectivity index (χ1) is 14.2. The Bertz CT molecular complexity index is 831. The molecule has 164 valence electrons. The Balaban J connectivity index is 1.96. The SMILES string of the molecule is CC(C)=CCC/C(C)=C/C[C@]12CC(C(=O)C(C)C)N(C(C)C)[C@H]1Nc1ccccc12. The lowest BCUT2D eigenvalue weighted by Crippen LogP contribution is -2.50. The standard InChI is InChI=1S/C27H40N2O/c1-18(2)11-10-12-21(7)15-16-27-17-24(25(30)19(3)4)29(20(5)6)26(27)28-23-14-9-8-13-22(23)27/h8-9,11,13-15,19-20,24,26,28H,10,12,16-17H2,1-7H3/b21-15+/t24?,26-,27-/m1/s1. The summed E-state index contributed by atoms with van der Waals surface area (Å²) >= 11 is 0. The van der Waals surface area contributed by atoms with Gasteiger partial charge in [0.25, 0.3) is 0 Å². The van der Waals surface area contributed by atoms with Gasteiger partial charge in [-0.2, -0.15) is 0 Å². The molecule has 0 spiro atoms. The zero-order valence-corrected chi connectivity index (χ0v) is 20.0. The third-order valence-corrected chi connectivity index (χ3v) is 6.89. The number of rotatable bonds is 8. The molecule has 2 aliphatic rings. The smallest absolute Gasteiger partial charge is 0.152 e. The summed E-state index contributed by atoms with van der Waals surface area (Å²) in [5.41, 5.74) is 5.40. The maximum absolute atomic E-state index is 13.2. The highest BCUT2D eigenvalue weighted by Gasteiger charge is 2.58. The molecule has 0 saturated carbocycles. The number of benzene rings is 1. The predicted molar refractivity (Wildman–Crippen MR) is 128 cm³/mol. The van der Waals surface area contributed by atoms with Crippen molar-refractivity contribution in [3.05, 3.63) is 53.1 Å². The molecule has 1 N–H and O–H groups in total. The van der Waals surface area contributed by atoms with Gasteiger partial charge in [-0.05, 0) is 71.9 Å². The highest BCUT2D eigenvalue weighted by Crippen LogP contribution is 2.54. The molecule has 30 heavy (non-hydrogen) atoms. The van der Waals surface area contributed by atoms with E-state index in [2.05, 4.69) is 81.3 Å². The molecule has 0 bridgehead atoms. The Hall–Kier alpha value is -1.87. The summed E-state index contributed by atoms with van der Waals surface area (Å²) in [5.74, 6) is 0.435. The van der Waals surface area contributed by atoms with Crippen molar-refractivity contribution in [3.8, 4) is 0 Å². The number of hydrogen-bond donors (Lipinski definition) is 1. The molecule has 0 radical (unpaired) electrons. The molecule has 1 unspecified atom stereocenters. The average molecular weight is 409 g/mol. The normalized spacial score (nSPS) is 26.0. The summed E-state index contributed by atoms with van der Waals surface area (Å²) < 4.78 is 0. The molecule has 1 saturated heterocycles. The zero-order chi connectivity index (χ0) is 22.1. The summed E-state index contributed by atoms with van der Waals surface area (Å²) in [6.45, 7) is 15.1. The van der Waals surface area contributed by atoms with Gasteiger partial charge in [-0.25, -0.2) is 0 Å². The van der Waals surface area contributed by atoms with E-state index in [1.165, 1.54) is 22.4 Å². The average Bonchev–Trinajstić information content (AvgIpc) is 3.16. The van der Waals surface area contributed by atoms with Crippen LogP contribution >= 0.6 is 0 Å². The number of carbonyl (C=O) groups is 1. The Kier molecular flexibility index (Phi) is 6.91. The molecule has 1 aromatic rings. The van der Waals surface area contributed by atoms with Crippen molar-refractivity contribution in [1.29, 1.82) is 0 Å². The molecule has 3 heteroatoms. The minimum absolute atomic E-state index is 0.0183. The van der Waals surface area contributed by atoms with Crippen LogP contribution in [0.15, 0.2) is 47.6 Å². The van der Waals surface area contributed by atoms with Crippen LogP contribution in [0.5, 0.6) is 0 Å². The van der Waals surface area contributed by atoms with Crippen LogP contribution in [0.1, 0.15) is 79.7 Å². The minimum atomic E-state index is -0.0478. The van der Waals surface area contributed by atoms with Crippen LogP contribution in [0, 0.1) is 5.92 Å². The maximum atomic E-state index is 13.2. The highest BCUT2D eigenvalue weighted by atomic mass is 16.1. The molecule has 0 amide bonds. The van der Waals surface area contributed by atoms with E-state index in [9.17, 15) is 4.79 Å². The van der Waals surface area contributed by atoms with Gasteiger partial charge < -0.3 is 5.32 Å². The fraction of sp³-hybridized carbons (Fsp3) is 0.593. The lowest BCUT2D eigenvalue weighted by Gasteiger charge is -2.36. The number of fused-ring (bicyclic) bond motifs is 3. The number of nitrogens with zero attached hydrogens (tertiary/aromatic N) is 1. The Labute approximate surface area is 183 Å². The van der Waals surface area contributed by atoms with Gasteiger partial charge in [-0.3, -0.25) is 9.69 Å². The van der Waals surface area contributed by atoms with Crippen molar-refractivity contribution in [2.24, 2.45) is 5.92 Å². The van der Waals surface area contributed by atoms with Crippen LogP contribution in [-0.2, 0) is 10.2 Å². The number of carbonyl (C=O) groups excluding carboxylic acids is 1. The van der Waals surface area contributed by atoms with Crippen molar-refractivity contribution < 1.29 is 4.79 Å². The molecule has 3 nitrogen and oxygen atoms in total. The Morgan fingerprint density at radius 1 is 1.17 bits per heavy atom. The topological polar surface area (TPSA) is 32.3 Å². The van der Waals surface area contributed by atoms with Crippen LogP contribution in [0.2, 0.25) is 0 Å². The minimum Gasteiger partial charge on any atom is -0.369 e. The lowest BCUT2D eigenvalue weighted by atomic mass is 9.74. The van der Waals surface area contributed by atoms with E-state index in [1.807, 2.05) is 13.8 Å². The van der Waals surface area contributed by atoms with Gasteiger partial charge >= 0.3 is 0 Å². The molecular formula is C27H40N2O.